The molecule has 2 fully saturated rings. The standard InChI is InChI=1S/C9H17N3O/c13-8-7-12-9(3-6-11-8)1-4-10-5-2-9/h10,12H,1-7H2,(H,11,13). The number of hydrogen-bond donors (Lipinski definition) is 3. The van der Waals surface area contributed by atoms with Gasteiger partial charge in [0.25, 0.3) is 0 Å². The van der Waals surface area contributed by atoms with Gasteiger partial charge < -0.3 is 16.0 Å². The summed E-state index contributed by atoms with van der Waals surface area (Å²) in [5.41, 5.74) is 0.227. The Morgan fingerprint density at radius 2 is 1.77 bits per heavy atom. The molecule has 0 saturated carbocycles. The van der Waals surface area contributed by atoms with Crippen molar-refractivity contribution >= 4 is 5.91 Å². The van der Waals surface area contributed by atoms with Crippen LogP contribution < -0.4 is 16.0 Å². The molecule has 4 nitrogen and oxygen atoms in total. The van der Waals surface area contributed by atoms with E-state index in [2.05, 4.69) is 16.0 Å². The van der Waals surface area contributed by atoms with E-state index in [0.717, 1.165) is 38.9 Å². The van der Waals surface area contributed by atoms with Gasteiger partial charge in [-0.05, 0) is 32.4 Å². The summed E-state index contributed by atoms with van der Waals surface area (Å²) >= 11 is 0. The monoisotopic (exact) mass is 183 g/mol. The quantitative estimate of drug-likeness (QED) is 0.462. The van der Waals surface area contributed by atoms with Gasteiger partial charge in [0, 0.05) is 12.1 Å². The third-order valence-electron chi connectivity index (χ3n) is 3.11. The van der Waals surface area contributed by atoms with Crippen molar-refractivity contribution in [1.29, 1.82) is 0 Å². The number of carbonyl (C=O) groups excluding carboxylic acids is 1. The van der Waals surface area contributed by atoms with Crippen LogP contribution >= 0.6 is 0 Å². The third-order valence-corrected chi connectivity index (χ3v) is 3.11. The molecule has 0 aliphatic carbocycles. The molecule has 1 spiro atoms. The molecule has 0 bridgehead atoms. The molecule has 74 valence electrons. The van der Waals surface area contributed by atoms with E-state index in [0.29, 0.717) is 6.54 Å². The van der Waals surface area contributed by atoms with Crippen molar-refractivity contribution in [2.45, 2.75) is 24.8 Å². The first-order valence-electron chi connectivity index (χ1n) is 5.03. The van der Waals surface area contributed by atoms with E-state index < -0.39 is 0 Å². The summed E-state index contributed by atoms with van der Waals surface area (Å²) in [4.78, 5) is 11.1. The Kier molecular flexibility index (Phi) is 2.51. The van der Waals surface area contributed by atoms with E-state index in [1.165, 1.54) is 0 Å². The number of rotatable bonds is 0. The zero-order valence-corrected chi connectivity index (χ0v) is 7.86. The zero-order chi connectivity index (χ0) is 9.15. The maximum atomic E-state index is 11.1. The fourth-order valence-electron chi connectivity index (χ4n) is 2.19. The minimum absolute atomic E-state index is 0.135. The summed E-state index contributed by atoms with van der Waals surface area (Å²) in [6, 6.07) is 0. The van der Waals surface area contributed by atoms with Gasteiger partial charge in [-0.3, -0.25) is 4.79 Å². The number of carbonyl (C=O) groups is 1. The third kappa shape index (κ3) is 2.00. The Morgan fingerprint density at radius 3 is 2.54 bits per heavy atom. The van der Waals surface area contributed by atoms with Crippen molar-refractivity contribution in [3.8, 4) is 0 Å². The largest absolute Gasteiger partial charge is 0.355 e. The summed E-state index contributed by atoms with van der Waals surface area (Å²) in [5, 5.41) is 9.63. The Morgan fingerprint density at radius 1 is 1.08 bits per heavy atom. The number of hydrogen-bond acceptors (Lipinski definition) is 3. The second-order valence-corrected chi connectivity index (χ2v) is 3.98. The molecule has 4 heteroatoms. The lowest BCUT2D eigenvalue weighted by molar-refractivity contribution is -0.119. The van der Waals surface area contributed by atoms with Crippen molar-refractivity contribution in [1.82, 2.24) is 16.0 Å². The van der Waals surface area contributed by atoms with E-state index in [4.69, 9.17) is 0 Å². The van der Waals surface area contributed by atoms with E-state index in [1.54, 1.807) is 0 Å². The van der Waals surface area contributed by atoms with Crippen molar-refractivity contribution in [2.75, 3.05) is 26.2 Å². The highest BCUT2D eigenvalue weighted by Crippen LogP contribution is 2.22. The summed E-state index contributed by atoms with van der Waals surface area (Å²) in [6.45, 7) is 3.45. The van der Waals surface area contributed by atoms with Gasteiger partial charge in [-0.15, -0.1) is 0 Å². The molecule has 0 radical (unpaired) electrons. The molecule has 0 aromatic rings. The minimum atomic E-state index is 0.135. The van der Waals surface area contributed by atoms with Crippen molar-refractivity contribution < 1.29 is 4.79 Å². The molecule has 2 saturated heterocycles. The molecular weight excluding hydrogens is 166 g/mol. The van der Waals surface area contributed by atoms with Crippen LogP contribution in [0.2, 0.25) is 0 Å². The van der Waals surface area contributed by atoms with Gasteiger partial charge in [-0.1, -0.05) is 0 Å². The molecular formula is C9H17N3O. The van der Waals surface area contributed by atoms with Crippen LogP contribution in [0, 0.1) is 0 Å². The van der Waals surface area contributed by atoms with Gasteiger partial charge in [0.2, 0.25) is 5.91 Å². The van der Waals surface area contributed by atoms with Gasteiger partial charge >= 0.3 is 0 Å². The molecule has 0 atom stereocenters. The normalized spacial score (nSPS) is 28.2. The summed E-state index contributed by atoms with van der Waals surface area (Å²) in [7, 11) is 0. The molecule has 0 aromatic heterocycles. The van der Waals surface area contributed by atoms with E-state index in [1.807, 2.05) is 0 Å². The average molecular weight is 183 g/mol. The van der Waals surface area contributed by atoms with Crippen molar-refractivity contribution in [2.24, 2.45) is 0 Å². The number of piperidine rings is 1. The van der Waals surface area contributed by atoms with Gasteiger partial charge in [0.15, 0.2) is 0 Å². The Bertz CT molecular complexity index is 199. The Hall–Kier alpha value is -0.610. The summed E-state index contributed by atoms with van der Waals surface area (Å²) in [6.07, 6.45) is 3.35. The van der Waals surface area contributed by atoms with Crippen molar-refractivity contribution in [3.05, 3.63) is 0 Å². The van der Waals surface area contributed by atoms with Gasteiger partial charge in [-0.25, -0.2) is 0 Å². The van der Waals surface area contributed by atoms with Crippen LogP contribution in [0.15, 0.2) is 0 Å². The van der Waals surface area contributed by atoms with Crippen LogP contribution in [0.3, 0.4) is 0 Å². The molecule has 13 heavy (non-hydrogen) atoms. The van der Waals surface area contributed by atoms with Crippen LogP contribution in [0.4, 0.5) is 0 Å². The van der Waals surface area contributed by atoms with Crippen LogP contribution in [0.25, 0.3) is 0 Å². The molecule has 2 aliphatic rings. The lowest BCUT2D eigenvalue weighted by atomic mass is 9.85. The van der Waals surface area contributed by atoms with Crippen LogP contribution in [0.1, 0.15) is 19.3 Å². The molecule has 1 amide bonds. The predicted octanol–water partition coefficient (Wildman–Crippen LogP) is -0.782. The lowest BCUT2D eigenvalue weighted by Crippen LogP contribution is -2.52. The van der Waals surface area contributed by atoms with E-state index in [9.17, 15) is 4.79 Å². The molecule has 2 rings (SSSR count). The minimum Gasteiger partial charge on any atom is -0.355 e. The van der Waals surface area contributed by atoms with Crippen LogP contribution in [0.5, 0.6) is 0 Å². The Labute approximate surface area is 78.5 Å². The maximum absolute atomic E-state index is 11.1. The van der Waals surface area contributed by atoms with Gasteiger partial charge in [-0.2, -0.15) is 0 Å². The van der Waals surface area contributed by atoms with E-state index >= 15 is 0 Å². The fourth-order valence-corrected chi connectivity index (χ4v) is 2.19. The SMILES string of the molecule is O=C1CNC2(CCNCC2)CCN1. The van der Waals surface area contributed by atoms with Crippen molar-refractivity contribution in [3.63, 3.8) is 0 Å². The fraction of sp³-hybridized carbons (Fsp3) is 0.889. The summed E-state index contributed by atoms with van der Waals surface area (Å²) in [5.74, 6) is 0.135. The molecule has 2 aliphatic heterocycles. The van der Waals surface area contributed by atoms with Crippen LogP contribution in [-0.2, 0) is 4.79 Å². The second kappa shape index (κ2) is 3.64. The zero-order valence-electron chi connectivity index (χ0n) is 7.86. The highest BCUT2D eigenvalue weighted by atomic mass is 16.1. The predicted molar refractivity (Wildman–Crippen MR) is 50.5 cm³/mol. The lowest BCUT2D eigenvalue weighted by Gasteiger charge is -2.37. The van der Waals surface area contributed by atoms with Gasteiger partial charge in [0.1, 0.15) is 0 Å². The van der Waals surface area contributed by atoms with E-state index in [-0.39, 0.29) is 11.4 Å². The first-order chi connectivity index (χ1) is 6.31. The molecule has 0 unspecified atom stereocenters. The van der Waals surface area contributed by atoms with Crippen LogP contribution in [-0.4, -0.2) is 37.6 Å². The highest BCUT2D eigenvalue weighted by Gasteiger charge is 2.33. The molecule has 2 heterocycles. The number of nitrogens with one attached hydrogen (secondary N) is 3. The average Bonchev–Trinajstić information content (AvgIpc) is 2.32. The Balaban J connectivity index is 1.99. The molecule has 0 aromatic carbocycles. The topological polar surface area (TPSA) is 53.2 Å². The molecule has 3 N–H and O–H groups in total. The van der Waals surface area contributed by atoms with Gasteiger partial charge in [0.05, 0.1) is 6.54 Å². The first-order valence-corrected chi connectivity index (χ1v) is 5.03. The highest BCUT2D eigenvalue weighted by molar-refractivity contribution is 5.78. The second-order valence-electron chi connectivity index (χ2n) is 3.98. The number of amides is 1. The smallest absolute Gasteiger partial charge is 0.233 e. The first kappa shape index (κ1) is 8.97. The summed E-state index contributed by atoms with van der Waals surface area (Å²) < 4.78 is 0. The maximum Gasteiger partial charge on any atom is 0.233 e.